The molecular weight excluding hydrogens is 361 g/mol. The zero-order chi connectivity index (χ0) is 16.2. The molecule has 0 atom stereocenters. The number of hydrogen-bond donors (Lipinski definition) is 1. The minimum absolute atomic E-state index is 0.121. The second kappa shape index (κ2) is 6.74. The van der Waals surface area contributed by atoms with Crippen LogP contribution in [0, 0.1) is 0 Å². The summed E-state index contributed by atoms with van der Waals surface area (Å²) < 4.78 is 39.1. The van der Waals surface area contributed by atoms with Gasteiger partial charge in [0.15, 0.2) is 0 Å². The van der Waals surface area contributed by atoms with E-state index in [1.807, 2.05) is 0 Å². The van der Waals surface area contributed by atoms with Crippen LogP contribution >= 0.6 is 15.9 Å². The molecule has 0 radical (unpaired) electrons. The zero-order valence-electron chi connectivity index (χ0n) is 11.1. The minimum Gasteiger partial charge on any atom is -0.267 e. The average molecular weight is 371 g/mol. The van der Waals surface area contributed by atoms with Gasteiger partial charge >= 0.3 is 6.18 Å². The van der Waals surface area contributed by atoms with E-state index in [0.717, 1.165) is 12.3 Å². The van der Waals surface area contributed by atoms with Gasteiger partial charge in [-0.3, -0.25) is 4.79 Å². The average Bonchev–Trinajstić information content (AvgIpc) is 2.46. The molecule has 0 heterocycles. The van der Waals surface area contributed by atoms with Gasteiger partial charge in [-0.05, 0) is 24.3 Å². The van der Waals surface area contributed by atoms with Crippen LogP contribution in [0.15, 0.2) is 58.1 Å². The fourth-order valence-corrected chi connectivity index (χ4v) is 2.12. The summed E-state index contributed by atoms with van der Waals surface area (Å²) in [6.45, 7) is 0. The topological polar surface area (TPSA) is 41.5 Å². The molecule has 114 valence electrons. The first kappa shape index (κ1) is 16.2. The lowest BCUT2D eigenvalue weighted by molar-refractivity contribution is -0.137. The summed E-state index contributed by atoms with van der Waals surface area (Å²) in [5.41, 5.74) is 1.61. The second-order valence-electron chi connectivity index (χ2n) is 4.29. The molecule has 0 saturated carbocycles. The van der Waals surface area contributed by atoms with Gasteiger partial charge in [-0.25, -0.2) is 5.43 Å². The number of rotatable bonds is 3. The molecule has 0 spiro atoms. The highest BCUT2D eigenvalue weighted by atomic mass is 79.9. The predicted molar refractivity (Wildman–Crippen MR) is 80.6 cm³/mol. The van der Waals surface area contributed by atoms with E-state index in [1.54, 1.807) is 24.3 Å². The molecule has 0 fully saturated rings. The van der Waals surface area contributed by atoms with Crippen LogP contribution in [-0.2, 0) is 6.18 Å². The number of nitrogens with one attached hydrogen (secondary N) is 1. The summed E-state index contributed by atoms with van der Waals surface area (Å²) in [4.78, 5) is 11.8. The molecular formula is C15H10BrF3N2O. The number of benzene rings is 2. The highest BCUT2D eigenvalue weighted by molar-refractivity contribution is 9.10. The van der Waals surface area contributed by atoms with Crippen molar-refractivity contribution in [2.75, 3.05) is 0 Å². The smallest absolute Gasteiger partial charge is 0.267 e. The molecule has 2 aromatic rings. The van der Waals surface area contributed by atoms with Crippen molar-refractivity contribution >= 4 is 28.1 Å². The number of hydrazone groups is 1. The third-order valence-electron chi connectivity index (χ3n) is 2.72. The maximum absolute atomic E-state index is 12.8. The van der Waals surface area contributed by atoms with E-state index in [9.17, 15) is 18.0 Å². The van der Waals surface area contributed by atoms with Gasteiger partial charge in [0, 0.05) is 15.6 Å². The van der Waals surface area contributed by atoms with E-state index >= 15 is 0 Å². The zero-order valence-corrected chi connectivity index (χ0v) is 12.6. The number of carbonyl (C=O) groups is 1. The molecule has 0 aromatic heterocycles. The van der Waals surface area contributed by atoms with Crippen molar-refractivity contribution in [1.82, 2.24) is 5.43 Å². The maximum atomic E-state index is 12.8. The molecule has 7 heteroatoms. The van der Waals surface area contributed by atoms with E-state index < -0.39 is 17.6 Å². The number of hydrogen-bond acceptors (Lipinski definition) is 2. The fourth-order valence-electron chi connectivity index (χ4n) is 1.72. The van der Waals surface area contributed by atoms with Gasteiger partial charge in [-0.1, -0.05) is 40.2 Å². The molecule has 1 N–H and O–H groups in total. The Morgan fingerprint density at radius 1 is 1.14 bits per heavy atom. The highest BCUT2D eigenvalue weighted by Crippen LogP contribution is 2.31. The minimum atomic E-state index is -4.48. The lowest BCUT2D eigenvalue weighted by atomic mass is 10.1. The van der Waals surface area contributed by atoms with E-state index in [-0.39, 0.29) is 5.56 Å². The van der Waals surface area contributed by atoms with Crippen molar-refractivity contribution in [2.45, 2.75) is 6.18 Å². The van der Waals surface area contributed by atoms with Crippen LogP contribution in [0.1, 0.15) is 21.5 Å². The summed E-state index contributed by atoms with van der Waals surface area (Å²) >= 11 is 3.22. The largest absolute Gasteiger partial charge is 0.417 e. The second-order valence-corrected chi connectivity index (χ2v) is 5.21. The maximum Gasteiger partial charge on any atom is 0.417 e. The van der Waals surface area contributed by atoms with Crippen molar-refractivity contribution < 1.29 is 18.0 Å². The van der Waals surface area contributed by atoms with Gasteiger partial charge in [-0.2, -0.15) is 18.3 Å². The number of alkyl halides is 3. The monoisotopic (exact) mass is 370 g/mol. The molecule has 0 unspecified atom stereocenters. The van der Waals surface area contributed by atoms with Gasteiger partial charge in [-0.15, -0.1) is 0 Å². The Morgan fingerprint density at radius 3 is 2.55 bits per heavy atom. The van der Waals surface area contributed by atoms with Gasteiger partial charge in [0.2, 0.25) is 0 Å². The molecule has 0 saturated heterocycles. The van der Waals surface area contributed by atoms with Gasteiger partial charge in [0.25, 0.3) is 5.91 Å². The van der Waals surface area contributed by atoms with Crippen LogP contribution in [0.5, 0.6) is 0 Å². The quantitative estimate of drug-likeness (QED) is 0.637. The van der Waals surface area contributed by atoms with Gasteiger partial charge in [0.05, 0.1) is 11.8 Å². The number of halogens is 4. The Balaban J connectivity index is 2.12. The van der Waals surface area contributed by atoms with Crippen LogP contribution in [0.25, 0.3) is 0 Å². The van der Waals surface area contributed by atoms with Crippen molar-refractivity contribution in [3.63, 3.8) is 0 Å². The number of amides is 1. The van der Waals surface area contributed by atoms with Crippen molar-refractivity contribution in [3.8, 4) is 0 Å². The number of carbonyl (C=O) groups excluding carboxylic acids is 1. The van der Waals surface area contributed by atoms with Gasteiger partial charge < -0.3 is 0 Å². The molecule has 2 rings (SSSR count). The van der Waals surface area contributed by atoms with Gasteiger partial charge in [0.1, 0.15) is 0 Å². The standard InChI is InChI=1S/C15H10BrF3N2O/c16-12-6-3-5-10(8-12)14(22)21-20-9-11-4-1-2-7-13(11)15(17,18)19/h1-9H,(H,21,22). The molecule has 0 aliphatic heterocycles. The Labute approximate surface area is 133 Å². The highest BCUT2D eigenvalue weighted by Gasteiger charge is 2.32. The van der Waals surface area contributed by atoms with E-state index in [4.69, 9.17) is 0 Å². The third-order valence-corrected chi connectivity index (χ3v) is 3.22. The van der Waals surface area contributed by atoms with Crippen molar-refractivity contribution in [1.29, 1.82) is 0 Å². The van der Waals surface area contributed by atoms with Crippen LogP contribution in [0.3, 0.4) is 0 Å². The van der Waals surface area contributed by atoms with Crippen LogP contribution in [-0.4, -0.2) is 12.1 Å². The van der Waals surface area contributed by atoms with Crippen molar-refractivity contribution in [3.05, 3.63) is 69.7 Å². The summed E-state index contributed by atoms with van der Waals surface area (Å²) in [6.07, 6.45) is -3.50. The van der Waals surface area contributed by atoms with Crippen LogP contribution in [0.2, 0.25) is 0 Å². The predicted octanol–water partition coefficient (Wildman–Crippen LogP) is 4.23. The molecule has 3 nitrogen and oxygen atoms in total. The van der Waals surface area contributed by atoms with Crippen LogP contribution in [0.4, 0.5) is 13.2 Å². The Bertz CT molecular complexity index is 714. The Hall–Kier alpha value is -2.15. The molecule has 0 aliphatic rings. The molecule has 0 aliphatic carbocycles. The number of nitrogens with zero attached hydrogens (tertiary/aromatic N) is 1. The SMILES string of the molecule is O=C(NN=Cc1ccccc1C(F)(F)F)c1cccc(Br)c1. The lowest BCUT2D eigenvalue weighted by Gasteiger charge is -2.09. The molecule has 0 bridgehead atoms. The van der Waals surface area contributed by atoms with E-state index in [2.05, 4.69) is 26.5 Å². The van der Waals surface area contributed by atoms with E-state index in [0.29, 0.717) is 10.0 Å². The summed E-state index contributed by atoms with van der Waals surface area (Å²) in [7, 11) is 0. The van der Waals surface area contributed by atoms with Crippen molar-refractivity contribution in [2.24, 2.45) is 5.10 Å². The normalized spacial score (nSPS) is 11.6. The first-order valence-corrected chi connectivity index (χ1v) is 6.92. The molecule has 1 amide bonds. The third kappa shape index (κ3) is 4.17. The molecule has 2 aromatic carbocycles. The first-order valence-electron chi connectivity index (χ1n) is 6.13. The summed E-state index contributed by atoms with van der Waals surface area (Å²) in [5.74, 6) is -0.512. The lowest BCUT2D eigenvalue weighted by Crippen LogP contribution is -2.18. The van der Waals surface area contributed by atoms with Crippen LogP contribution < -0.4 is 5.43 Å². The molecule has 22 heavy (non-hydrogen) atoms. The Morgan fingerprint density at radius 2 is 1.86 bits per heavy atom. The first-order chi connectivity index (χ1) is 10.4. The van der Waals surface area contributed by atoms with E-state index in [1.165, 1.54) is 18.2 Å². The fraction of sp³-hybridized carbons (Fsp3) is 0.0667. The summed E-state index contributed by atoms with van der Waals surface area (Å²) in [5, 5.41) is 3.58. The summed E-state index contributed by atoms with van der Waals surface area (Å²) in [6, 6.07) is 11.6. The Kier molecular flexibility index (Phi) is 4.97.